The zero-order chi connectivity index (χ0) is 11.8. The van der Waals surface area contributed by atoms with E-state index in [2.05, 4.69) is 58.4 Å². The molecule has 1 aromatic carbocycles. The first-order valence-corrected chi connectivity index (χ1v) is 7.42. The molecular formula is C14H14BrNS. The molecule has 17 heavy (non-hydrogen) atoms. The molecule has 1 saturated carbocycles. The molecule has 1 aliphatic rings. The first kappa shape index (κ1) is 11.5. The highest BCUT2D eigenvalue weighted by Crippen LogP contribution is 2.53. The van der Waals surface area contributed by atoms with Gasteiger partial charge in [-0.15, -0.1) is 11.3 Å². The van der Waals surface area contributed by atoms with Crippen molar-refractivity contribution in [2.24, 2.45) is 11.7 Å². The summed E-state index contributed by atoms with van der Waals surface area (Å²) in [7, 11) is 0. The molecule has 0 bridgehead atoms. The van der Waals surface area contributed by atoms with Crippen molar-refractivity contribution in [3.05, 3.63) is 56.7 Å². The van der Waals surface area contributed by atoms with Crippen LogP contribution in [0.5, 0.6) is 0 Å². The van der Waals surface area contributed by atoms with Crippen molar-refractivity contribution in [2.75, 3.05) is 0 Å². The molecule has 3 rings (SSSR count). The first-order valence-electron chi connectivity index (χ1n) is 5.81. The highest BCUT2D eigenvalue weighted by Gasteiger charge is 2.43. The van der Waals surface area contributed by atoms with Crippen LogP contribution in [-0.2, 0) is 0 Å². The Bertz CT molecular complexity index is 508. The van der Waals surface area contributed by atoms with Crippen LogP contribution in [0.1, 0.15) is 28.8 Å². The van der Waals surface area contributed by atoms with Gasteiger partial charge in [0.05, 0.1) is 3.79 Å². The predicted octanol–water partition coefficient (Wildman–Crippen LogP) is 4.31. The number of rotatable bonds is 3. The van der Waals surface area contributed by atoms with Crippen LogP contribution < -0.4 is 5.73 Å². The van der Waals surface area contributed by atoms with Crippen molar-refractivity contribution in [3.8, 4) is 0 Å². The zero-order valence-corrected chi connectivity index (χ0v) is 11.7. The van der Waals surface area contributed by atoms with Gasteiger partial charge in [0.15, 0.2) is 0 Å². The molecule has 0 aliphatic heterocycles. The topological polar surface area (TPSA) is 26.0 Å². The summed E-state index contributed by atoms with van der Waals surface area (Å²) in [6, 6.07) is 15.1. The van der Waals surface area contributed by atoms with E-state index in [0.29, 0.717) is 11.8 Å². The van der Waals surface area contributed by atoms with Crippen LogP contribution in [0.15, 0.2) is 46.3 Å². The minimum absolute atomic E-state index is 0.191. The van der Waals surface area contributed by atoms with E-state index in [0.717, 1.165) is 0 Å². The second-order valence-corrected chi connectivity index (χ2v) is 7.08. The fourth-order valence-electron chi connectivity index (χ4n) is 2.41. The van der Waals surface area contributed by atoms with Crippen molar-refractivity contribution < 1.29 is 0 Å². The van der Waals surface area contributed by atoms with Crippen molar-refractivity contribution in [2.45, 2.75) is 18.4 Å². The summed E-state index contributed by atoms with van der Waals surface area (Å²) in [6.07, 6.45) is 1.22. The van der Waals surface area contributed by atoms with Gasteiger partial charge in [-0.1, -0.05) is 30.3 Å². The van der Waals surface area contributed by atoms with Crippen LogP contribution in [0.2, 0.25) is 0 Å². The smallest absolute Gasteiger partial charge is 0.0701 e. The lowest BCUT2D eigenvalue weighted by Gasteiger charge is -2.08. The fraction of sp³-hybridized carbons (Fsp3) is 0.286. The minimum atomic E-state index is 0.191. The highest BCUT2D eigenvalue weighted by molar-refractivity contribution is 9.11. The van der Waals surface area contributed by atoms with E-state index in [-0.39, 0.29) is 6.04 Å². The van der Waals surface area contributed by atoms with Crippen LogP contribution in [0.3, 0.4) is 0 Å². The van der Waals surface area contributed by atoms with Crippen LogP contribution in [0.25, 0.3) is 0 Å². The van der Waals surface area contributed by atoms with Crippen LogP contribution >= 0.6 is 27.3 Å². The maximum absolute atomic E-state index is 6.33. The van der Waals surface area contributed by atoms with Crippen molar-refractivity contribution >= 4 is 27.3 Å². The first-order chi connectivity index (χ1) is 8.25. The maximum atomic E-state index is 6.33. The zero-order valence-electron chi connectivity index (χ0n) is 9.34. The molecule has 0 spiro atoms. The molecule has 1 aromatic heterocycles. The highest BCUT2D eigenvalue weighted by atomic mass is 79.9. The van der Waals surface area contributed by atoms with E-state index in [9.17, 15) is 0 Å². The van der Waals surface area contributed by atoms with Gasteiger partial charge >= 0.3 is 0 Å². The number of benzene rings is 1. The second-order valence-electron chi connectivity index (χ2n) is 4.58. The molecule has 3 unspecified atom stereocenters. The molecule has 0 saturated heterocycles. The number of halogens is 1. The maximum Gasteiger partial charge on any atom is 0.0701 e. The van der Waals surface area contributed by atoms with E-state index in [1.54, 1.807) is 11.3 Å². The van der Waals surface area contributed by atoms with E-state index >= 15 is 0 Å². The number of hydrogen-bond donors (Lipinski definition) is 1. The lowest BCUT2D eigenvalue weighted by atomic mass is 10.1. The minimum Gasteiger partial charge on any atom is -0.323 e. The number of nitrogens with two attached hydrogens (primary N) is 1. The van der Waals surface area contributed by atoms with E-state index in [1.165, 1.54) is 20.6 Å². The molecule has 88 valence electrons. The average Bonchev–Trinajstić information content (AvgIpc) is 3.05. The standard InChI is InChI=1S/C14H14BrNS/c15-13-7-6-12(17-13)14(16)11-8-10(11)9-4-2-1-3-5-9/h1-7,10-11,14H,8,16H2. The molecule has 0 radical (unpaired) electrons. The number of thiophene rings is 1. The summed E-state index contributed by atoms with van der Waals surface area (Å²) in [6.45, 7) is 0. The molecule has 3 heteroatoms. The van der Waals surface area contributed by atoms with Gasteiger partial charge in [-0.3, -0.25) is 0 Å². The normalized spacial score (nSPS) is 24.6. The Kier molecular flexibility index (Phi) is 3.07. The monoisotopic (exact) mass is 307 g/mol. The van der Waals surface area contributed by atoms with Gasteiger partial charge in [-0.05, 0) is 51.9 Å². The molecule has 1 fully saturated rings. The number of hydrogen-bond acceptors (Lipinski definition) is 2. The van der Waals surface area contributed by atoms with Crippen LogP contribution in [0, 0.1) is 5.92 Å². The Morgan fingerprint density at radius 2 is 1.94 bits per heavy atom. The van der Waals surface area contributed by atoms with Crippen molar-refractivity contribution in [1.29, 1.82) is 0 Å². The second kappa shape index (κ2) is 4.56. The lowest BCUT2D eigenvalue weighted by Crippen LogP contribution is -2.11. The summed E-state index contributed by atoms with van der Waals surface area (Å²) < 4.78 is 1.17. The summed E-state index contributed by atoms with van der Waals surface area (Å²) in [5.41, 5.74) is 7.76. The molecule has 2 N–H and O–H groups in total. The third-order valence-electron chi connectivity index (χ3n) is 3.45. The molecular weight excluding hydrogens is 294 g/mol. The molecule has 3 atom stereocenters. The lowest BCUT2D eigenvalue weighted by molar-refractivity contribution is 0.626. The quantitative estimate of drug-likeness (QED) is 0.898. The van der Waals surface area contributed by atoms with Gasteiger partial charge in [-0.25, -0.2) is 0 Å². The van der Waals surface area contributed by atoms with Crippen LogP contribution in [0.4, 0.5) is 0 Å². The van der Waals surface area contributed by atoms with Gasteiger partial charge in [0, 0.05) is 10.9 Å². The largest absolute Gasteiger partial charge is 0.323 e. The summed E-state index contributed by atoms with van der Waals surface area (Å²) in [5, 5.41) is 0. The molecule has 2 aromatic rings. The third-order valence-corrected chi connectivity index (χ3v) is 5.18. The van der Waals surface area contributed by atoms with E-state index in [4.69, 9.17) is 5.73 Å². The van der Waals surface area contributed by atoms with Gasteiger partial charge in [0.25, 0.3) is 0 Å². The summed E-state index contributed by atoms with van der Waals surface area (Å²) in [5.74, 6) is 1.27. The van der Waals surface area contributed by atoms with Crippen LogP contribution in [-0.4, -0.2) is 0 Å². The fourth-order valence-corrected chi connectivity index (χ4v) is 3.91. The van der Waals surface area contributed by atoms with E-state index in [1.807, 2.05) is 0 Å². The summed E-state index contributed by atoms with van der Waals surface area (Å²) >= 11 is 5.25. The molecule has 0 amide bonds. The van der Waals surface area contributed by atoms with Gasteiger partial charge in [0.1, 0.15) is 0 Å². The third kappa shape index (κ3) is 2.32. The Hall–Kier alpha value is -0.640. The van der Waals surface area contributed by atoms with Gasteiger partial charge in [-0.2, -0.15) is 0 Å². The average molecular weight is 308 g/mol. The summed E-state index contributed by atoms with van der Waals surface area (Å²) in [4.78, 5) is 1.29. The van der Waals surface area contributed by atoms with Gasteiger partial charge in [0.2, 0.25) is 0 Å². The predicted molar refractivity (Wildman–Crippen MR) is 76.2 cm³/mol. The SMILES string of the molecule is NC(c1ccc(Br)s1)C1CC1c1ccccc1. The Morgan fingerprint density at radius 1 is 1.18 bits per heavy atom. The van der Waals surface area contributed by atoms with E-state index < -0.39 is 0 Å². The Labute approximate surface area is 114 Å². The molecule has 1 heterocycles. The Balaban J connectivity index is 1.73. The van der Waals surface area contributed by atoms with Crippen molar-refractivity contribution in [1.82, 2.24) is 0 Å². The molecule has 1 nitrogen and oxygen atoms in total. The molecule has 1 aliphatic carbocycles. The van der Waals surface area contributed by atoms with Gasteiger partial charge < -0.3 is 5.73 Å². The Morgan fingerprint density at radius 3 is 2.59 bits per heavy atom. The van der Waals surface area contributed by atoms with Crippen molar-refractivity contribution in [3.63, 3.8) is 0 Å².